The molecule has 1 rings (SSSR count). The second-order valence-electron chi connectivity index (χ2n) is 6.58. The molecule has 8 heteroatoms. The van der Waals surface area contributed by atoms with E-state index in [0.29, 0.717) is 5.75 Å². The molecule has 0 aromatic heterocycles. The number of hydrogen-bond acceptors (Lipinski definition) is 6. The minimum absolute atomic E-state index is 0.153. The normalized spacial score (nSPS) is 12.8. The SMILES string of the molecule is CCCc1cccc(O[C@@H](CNC(=O)O[C@H](OC(=O)CC)C(C)C)C(=O)O)c1. The topological polar surface area (TPSA) is 111 Å². The summed E-state index contributed by atoms with van der Waals surface area (Å²) >= 11 is 0. The van der Waals surface area contributed by atoms with Crippen molar-refractivity contribution >= 4 is 18.0 Å². The Bertz CT molecular complexity index is 660. The summed E-state index contributed by atoms with van der Waals surface area (Å²) < 4.78 is 15.6. The van der Waals surface area contributed by atoms with Gasteiger partial charge in [-0.1, -0.05) is 46.2 Å². The van der Waals surface area contributed by atoms with Gasteiger partial charge < -0.3 is 24.6 Å². The van der Waals surface area contributed by atoms with Gasteiger partial charge in [-0.05, 0) is 24.1 Å². The maximum Gasteiger partial charge on any atom is 0.410 e. The predicted molar refractivity (Wildman–Crippen MR) is 102 cm³/mol. The van der Waals surface area contributed by atoms with E-state index < -0.39 is 30.4 Å². The second kappa shape index (κ2) is 11.8. The zero-order chi connectivity index (χ0) is 21.1. The molecule has 0 fully saturated rings. The zero-order valence-corrected chi connectivity index (χ0v) is 16.8. The number of ether oxygens (including phenoxy) is 3. The Balaban J connectivity index is 2.64. The summed E-state index contributed by atoms with van der Waals surface area (Å²) in [4.78, 5) is 34.8. The average molecular weight is 395 g/mol. The van der Waals surface area contributed by atoms with Crippen molar-refractivity contribution < 1.29 is 33.7 Å². The highest BCUT2D eigenvalue weighted by atomic mass is 16.7. The van der Waals surface area contributed by atoms with Crippen molar-refractivity contribution in [1.29, 1.82) is 0 Å². The van der Waals surface area contributed by atoms with Crippen molar-refractivity contribution in [1.82, 2.24) is 5.32 Å². The first-order chi connectivity index (χ1) is 13.3. The molecule has 1 amide bonds. The van der Waals surface area contributed by atoms with Gasteiger partial charge >= 0.3 is 18.0 Å². The summed E-state index contributed by atoms with van der Waals surface area (Å²) in [5.41, 5.74) is 1.04. The van der Waals surface area contributed by atoms with Crippen LogP contribution in [0, 0.1) is 5.92 Å². The third kappa shape index (κ3) is 8.28. The molecule has 0 saturated carbocycles. The largest absolute Gasteiger partial charge is 0.478 e. The maximum absolute atomic E-state index is 12.0. The van der Waals surface area contributed by atoms with Gasteiger partial charge in [0.15, 0.2) is 0 Å². The van der Waals surface area contributed by atoms with Gasteiger partial charge in [-0.25, -0.2) is 9.59 Å². The molecule has 0 aliphatic rings. The average Bonchev–Trinajstić information content (AvgIpc) is 2.64. The van der Waals surface area contributed by atoms with E-state index in [1.165, 1.54) is 0 Å². The second-order valence-corrected chi connectivity index (χ2v) is 6.58. The van der Waals surface area contributed by atoms with Gasteiger partial charge in [0, 0.05) is 12.3 Å². The van der Waals surface area contributed by atoms with E-state index in [4.69, 9.17) is 14.2 Å². The van der Waals surface area contributed by atoms with Gasteiger partial charge in [0.25, 0.3) is 6.29 Å². The minimum Gasteiger partial charge on any atom is -0.478 e. The van der Waals surface area contributed by atoms with E-state index in [-0.39, 0.29) is 18.9 Å². The Hall–Kier alpha value is -2.77. The number of nitrogens with one attached hydrogen (secondary N) is 1. The van der Waals surface area contributed by atoms with Crippen LogP contribution in [-0.2, 0) is 25.5 Å². The van der Waals surface area contributed by atoms with Crippen LogP contribution >= 0.6 is 0 Å². The van der Waals surface area contributed by atoms with E-state index in [9.17, 15) is 19.5 Å². The fourth-order valence-electron chi connectivity index (χ4n) is 2.24. The van der Waals surface area contributed by atoms with Crippen LogP contribution in [0.25, 0.3) is 0 Å². The van der Waals surface area contributed by atoms with Crippen molar-refractivity contribution in [3.63, 3.8) is 0 Å². The fourth-order valence-corrected chi connectivity index (χ4v) is 2.24. The molecular weight excluding hydrogens is 366 g/mol. The number of aliphatic carboxylic acids is 1. The van der Waals surface area contributed by atoms with Crippen LogP contribution in [0.1, 0.15) is 46.1 Å². The van der Waals surface area contributed by atoms with Gasteiger partial charge in [-0.2, -0.15) is 0 Å². The van der Waals surface area contributed by atoms with Crippen LogP contribution in [0.3, 0.4) is 0 Å². The minimum atomic E-state index is -1.29. The Labute approximate surface area is 165 Å². The summed E-state index contributed by atoms with van der Waals surface area (Å²) in [6.07, 6.45) is -1.27. The van der Waals surface area contributed by atoms with Crippen LogP contribution in [0.2, 0.25) is 0 Å². The van der Waals surface area contributed by atoms with Crippen LogP contribution in [0.5, 0.6) is 5.75 Å². The summed E-state index contributed by atoms with van der Waals surface area (Å²) in [5.74, 6) is -1.57. The molecule has 0 heterocycles. The van der Waals surface area contributed by atoms with E-state index in [2.05, 4.69) is 5.32 Å². The molecule has 0 radical (unpaired) electrons. The number of carboxylic acid groups (broad SMARTS) is 1. The highest BCUT2D eigenvalue weighted by Crippen LogP contribution is 2.16. The van der Waals surface area contributed by atoms with Crippen LogP contribution < -0.4 is 10.1 Å². The Kier molecular flexibility index (Phi) is 9.84. The predicted octanol–water partition coefficient (Wildman–Crippen LogP) is 3.13. The summed E-state index contributed by atoms with van der Waals surface area (Å²) in [7, 11) is 0. The molecule has 0 aliphatic carbocycles. The Morgan fingerprint density at radius 1 is 1.14 bits per heavy atom. The standard InChI is InChI=1S/C20H29NO7/c1-5-8-14-9-7-10-15(11-14)26-16(18(23)24)12-21-20(25)28-19(13(3)4)27-17(22)6-2/h7,9-11,13,16,19H,5-6,8,12H2,1-4H3,(H,21,25)(H,23,24)/t16-,19-/m0/s1. The summed E-state index contributed by atoms with van der Waals surface area (Å²) in [6.45, 7) is 6.83. The van der Waals surface area contributed by atoms with Gasteiger partial charge in [-0.15, -0.1) is 0 Å². The lowest BCUT2D eigenvalue weighted by molar-refractivity contribution is -0.174. The molecule has 2 atom stereocenters. The third-order valence-electron chi connectivity index (χ3n) is 3.73. The molecule has 0 saturated heterocycles. The Morgan fingerprint density at radius 2 is 1.86 bits per heavy atom. The first-order valence-corrected chi connectivity index (χ1v) is 9.39. The highest BCUT2D eigenvalue weighted by molar-refractivity contribution is 5.75. The number of carbonyl (C=O) groups excluding carboxylic acids is 2. The van der Waals surface area contributed by atoms with Crippen molar-refractivity contribution in [2.24, 2.45) is 5.92 Å². The number of alkyl carbamates (subject to hydrolysis) is 1. The maximum atomic E-state index is 12.0. The molecule has 1 aromatic carbocycles. The van der Waals surface area contributed by atoms with Crippen LogP contribution in [-0.4, -0.2) is 42.1 Å². The van der Waals surface area contributed by atoms with Crippen molar-refractivity contribution in [2.75, 3.05) is 6.54 Å². The van der Waals surface area contributed by atoms with Crippen LogP contribution in [0.15, 0.2) is 24.3 Å². The number of hydrogen-bond donors (Lipinski definition) is 2. The van der Waals surface area contributed by atoms with Gasteiger partial charge in [0.1, 0.15) is 5.75 Å². The van der Waals surface area contributed by atoms with Gasteiger partial charge in [0.05, 0.1) is 6.54 Å². The molecule has 8 nitrogen and oxygen atoms in total. The monoisotopic (exact) mass is 395 g/mol. The quantitative estimate of drug-likeness (QED) is 0.437. The lowest BCUT2D eigenvalue weighted by atomic mass is 10.1. The lowest BCUT2D eigenvalue weighted by Crippen LogP contribution is -2.42. The lowest BCUT2D eigenvalue weighted by Gasteiger charge is -2.22. The van der Waals surface area contributed by atoms with Crippen LogP contribution in [0.4, 0.5) is 4.79 Å². The number of benzene rings is 1. The van der Waals surface area contributed by atoms with E-state index in [1.54, 1.807) is 39.0 Å². The first kappa shape index (κ1) is 23.3. The molecule has 0 spiro atoms. The van der Waals surface area contributed by atoms with E-state index >= 15 is 0 Å². The van der Waals surface area contributed by atoms with Gasteiger partial charge in [0.2, 0.25) is 6.10 Å². The Morgan fingerprint density at radius 3 is 2.43 bits per heavy atom. The third-order valence-corrected chi connectivity index (χ3v) is 3.73. The summed E-state index contributed by atoms with van der Waals surface area (Å²) in [6, 6.07) is 7.16. The van der Waals surface area contributed by atoms with E-state index in [0.717, 1.165) is 18.4 Å². The molecule has 2 N–H and O–H groups in total. The highest BCUT2D eigenvalue weighted by Gasteiger charge is 2.25. The molecule has 156 valence electrons. The number of esters is 1. The fraction of sp³-hybridized carbons (Fsp3) is 0.550. The number of carboxylic acids is 1. The number of rotatable bonds is 11. The molecular formula is C20H29NO7. The summed E-state index contributed by atoms with van der Waals surface area (Å²) in [5, 5.41) is 11.7. The van der Waals surface area contributed by atoms with Gasteiger partial charge in [-0.3, -0.25) is 4.79 Å². The zero-order valence-electron chi connectivity index (χ0n) is 16.8. The molecule has 0 unspecified atom stereocenters. The van der Waals surface area contributed by atoms with Crippen molar-refractivity contribution in [2.45, 2.75) is 59.4 Å². The van der Waals surface area contributed by atoms with E-state index in [1.807, 2.05) is 13.0 Å². The first-order valence-electron chi connectivity index (χ1n) is 9.39. The number of aryl methyl sites for hydroxylation is 1. The number of amides is 1. The molecule has 0 aliphatic heterocycles. The molecule has 28 heavy (non-hydrogen) atoms. The number of carbonyl (C=O) groups is 3. The molecule has 1 aromatic rings. The molecule has 0 bridgehead atoms. The van der Waals surface area contributed by atoms with Crippen molar-refractivity contribution in [3.05, 3.63) is 29.8 Å². The smallest absolute Gasteiger partial charge is 0.410 e. The van der Waals surface area contributed by atoms with Crippen molar-refractivity contribution in [3.8, 4) is 5.75 Å².